The summed E-state index contributed by atoms with van der Waals surface area (Å²) in [6, 6.07) is 12.3. The van der Waals surface area contributed by atoms with Crippen LogP contribution in [0.5, 0.6) is 0 Å². The molecule has 2 aromatic rings. The van der Waals surface area contributed by atoms with E-state index in [2.05, 4.69) is 10.6 Å². The highest BCUT2D eigenvalue weighted by atomic mass is 16.2. The van der Waals surface area contributed by atoms with Crippen LogP contribution in [0.15, 0.2) is 42.5 Å². The van der Waals surface area contributed by atoms with E-state index in [0.717, 1.165) is 16.8 Å². The number of carbonyl (C=O) groups is 3. The molecule has 1 aliphatic heterocycles. The fraction of sp³-hybridized carbons (Fsp3) is 0.375. The van der Waals surface area contributed by atoms with Crippen LogP contribution < -0.4 is 15.5 Å². The zero-order valence-electron chi connectivity index (χ0n) is 18.7. The summed E-state index contributed by atoms with van der Waals surface area (Å²) < 4.78 is 0. The lowest BCUT2D eigenvalue weighted by Crippen LogP contribution is -2.48. The standard InChI is InChI=1S/C24H30N4O3/c1-15-10-11-19(16(2)12-15)26-24(31)18(4)27(5)14-23(30)28-17(3)13-22(29)25-20-8-6-7-9-21(20)28/h6-12,17-18H,13-14H2,1-5H3,(H,25,29)(H,26,31)/t17-,18+/m1/s1. The van der Waals surface area contributed by atoms with Crippen molar-refractivity contribution in [1.82, 2.24) is 4.90 Å². The number of nitrogens with zero attached hydrogens (tertiary/aromatic N) is 2. The van der Waals surface area contributed by atoms with Gasteiger partial charge < -0.3 is 15.5 Å². The predicted molar refractivity (Wildman–Crippen MR) is 123 cm³/mol. The maximum atomic E-state index is 13.2. The molecule has 164 valence electrons. The van der Waals surface area contributed by atoms with E-state index >= 15 is 0 Å². The zero-order chi connectivity index (χ0) is 22.7. The molecular weight excluding hydrogens is 392 g/mol. The van der Waals surface area contributed by atoms with Crippen LogP contribution in [-0.4, -0.2) is 48.3 Å². The average molecular weight is 423 g/mol. The Balaban J connectivity index is 1.71. The topological polar surface area (TPSA) is 81.8 Å². The molecule has 7 heteroatoms. The molecule has 1 aliphatic rings. The van der Waals surface area contributed by atoms with Crippen molar-refractivity contribution in [2.75, 3.05) is 29.1 Å². The van der Waals surface area contributed by atoms with E-state index in [1.807, 2.05) is 57.2 Å². The molecule has 1 heterocycles. The van der Waals surface area contributed by atoms with Crippen LogP contribution in [0, 0.1) is 13.8 Å². The molecule has 0 saturated heterocycles. The number of para-hydroxylation sites is 2. The number of carbonyl (C=O) groups excluding carboxylic acids is 3. The van der Waals surface area contributed by atoms with E-state index in [-0.39, 0.29) is 36.7 Å². The molecule has 0 aromatic heterocycles. The van der Waals surface area contributed by atoms with Gasteiger partial charge >= 0.3 is 0 Å². The van der Waals surface area contributed by atoms with E-state index in [1.54, 1.807) is 29.8 Å². The molecule has 3 rings (SSSR count). The molecule has 2 atom stereocenters. The van der Waals surface area contributed by atoms with Gasteiger partial charge in [-0.15, -0.1) is 0 Å². The van der Waals surface area contributed by atoms with Crippen molar-refractivity contribution in [3.63, 3.8) is 0 Å². The number of aryl methyl sites for hydroxylation is 2. The van der Waals surface area contributed by atoms with Gasteiger partial charge in [-0.2, -0.15) is 0 Å². The molecule has 31 heavy (non-hydrogen) atoms. The van der Waals surface area contributed by atoms with Gasteiger partial charge in [0.15, 0.2) is 0 Å². The number of rotatable bonds is 5. The first-order valence-corrected chi connectivity index (χ1v) is 10.5. The minimum atomic E-state index is -0.512. The smallest absolute Gasteiger partial charge is 0.241 e. The molecule has 0 radical (unpaired) electrons. The Hall–Kier alpha value is -3.19. The highest BCUT2D eigenvalue weighted by Crippen LogP contribution is 2.31. The Kier molecular flexibility index (Phi) is 6.75. The molecule has 3 amide bonds. The lowest BCUT2D eigenvalue weighted by Gasteiger charge is -2.31. The van der Waals surface area contributed by atoms with Crippen LogP contribution in [0.1, 0.15) is 31.4 Å². The largest absolute Gasteiger partial charge is 0.324 e. The van der Waals surface area contributed by atoms with Crippen LogP contribution >= 0.6 is 0 Å². The molecular formula is C24H30N4O3. The normalized spacial score (nSPS) is 16.9. The number of hydrogen-bond acceptors (Lipinski definition) is 4. The third-order valence-corrected chi connectivity index (χ3v) is 5.69. The van der Waals surface area contributed by atoms with Crippen molar-refractivity contribution >= 4 is 34.8 Å². The predicted octanol–water partition coefficient (Wildman–Crippen LogP) is 3.33. The number of nitrogens with one attached hydrogen (secondary N) is 2. The average Bonchev–Trinajstić information content (AvgIpc) is 2.83. The van der Waals surface area contributed by atoms with Gasteiger partial charge in [0.1, 0.15) is 0 Å². The molecule has 2 N–H and O–H groups in total. The van der Waals surface area contributed by atoms with E-state index in [9.17, 15) is 14.4 Å². The van der Waals surface area contributed by atoms with Crippen LogP contribution in [0.2, 0.25) is 0 Å². The molecule has 0 spiro atoms. The second-order valence-corrected chi connectivity index (χ2v) is 8.28. The fourth-order valence-corrected chi connectivity index (χ4v) is 3.79. The Morgan fingerprint density at radius 2 is 1.94 bits per heavy atom. The first kappa shape index (κ1) is 22.5. The highest BCUT2D eigenvalue weighted by molar-refractivity contribution is 6.05. The summed E-state index contributed by atoms with van der Waals surface area (Å²) in [6.45, 7) is 7.64. The van der Waals surface area contributed by atoms with Gasteiger partial charge in [-0.3, -0.25) is 19.3 Å². The lowest BCUT2D eigenvalue weighted by molar-refractivity contribution is -0.123. The van der Waals surface area contributed by atoms with Crippen LogP contribution in [-0.2, 0) is 14.4 Å². The minimum Gasteiger partial charge on any atom is -0.324 e. The van der Waals surface area contributed by atoms with E-state index in [1.165, 1.54) is 0 Å². The second-order valence-electron chi connectivity index (χ2n) is 8.28. The SMILES string of the molecule is Cc1ccc(NC(=O)[C@H](C)N(C)CC(=O)N2c3ccccc3NC(=O)C[C@H]2C)c(C)c1. The van der Waals surface area contributed by atoms with E-state index < -0.39 is 6.04 Å². The highest BCUT2D eigenvalue weighted by Gasteiger charge is 2.31. The lowest BCUT2D eigenvalue weighted by atomic mass is 10.1. The monoisotopic (exact) mass is 422 g/mol. The molecule has 0 saturated carbocycles. The summed E-state index contributed by atoms with van der Waals surface area (Å²) in [5.41, 5.74) is 4.18. The minimum absolute atomic E-state index is 0.0499. The summed E-state index contributed by atoms with van der Waals surface area (Å²) in [4.78, 5) is 41.5. The Morgan fingerprint density at radius 1 is 1.23 bits per heavy atom. The first-order valence-electron chi connectivity index (χ1n) is 10.5. The fourth-order valence-electron chi connectivity index (χ4n) is 3.79. The third kappa shape index (κ3) is 5.11. The molecule has 0 bridgehead atoms. The molecule has 0 fully saturated rings. The summed E-state index contributed by atoms with van der Waals surface area (Å²) in [7, 11) is 1.75. The van der Waals surface area contributed by atoms with Crippen LogP contribution in [0.4, 0.5) is 17.1 Å². The Bertz CT molecular complexity index is 1000. The van der Waals surface area contributed by atoms with E-state index in [4.69, 9.17) is 0 Å². The van der Waals surface area contributed by atoms with Crippen LogP contribution in [0.25, 0.3) is 0 Å². The van der Waals surface area contributed by atoms with Gasteiger partial charge in [0.05, 0.1) is 24.0 Å². The number of benzene rings is 2. The van der Waals surface area contributed by atoms with Crippen molar-refractivity contribution in [3.8, 4) is 0 Å². The Labute approximate surface area is 183 Å². The van der Waals surface area contributed by atoms with Gasteiger partial charge in [-0.05, 0) is 58.5 Å². The van der Waals surface area contributed by atoms with Gasteiger partial charge in [0, 0.05) is 18.2 Å². The molecule has 0 aliphatic carbocycles. The molecule has 0 unspecified atom stereocenters. The summed E-state index contributed by atoms with van der Waals surface area (Å²) >= 11 is 0. The molecule has 7 nitrogen and oxygen atoms in total. The number of likely N-dealkylation sites (N-methyl/N-ethyl adjacent to an activating group) is 1. The van der Waals surface area contributed by atoms with Crippen LogP contribution in [0.3, 0.4) is 0 Å². The zero-order valence-corrected chi connectivity index (χ0v) is 18.7. The number of anilines is 3. The summed E-state index contributed by atoms with van der Waals surface area (Å²) in [5, 5.41) is 5.81. The van der Waals surface area contributed by atoms with Crippen molar-refractivity contribution in [2.45, 2.75) is 46.2 Å². The number of hydrogen-bond donors (Lipinski definition) is 2. The van der Waals surface area contributed by atoms with Crippen molar-refractivity contribution < 1.29 is 14.4 Å². The third-order valence-electron chi connectivity index (χ3n) is 5.69. The Morgan fingerprint density at radius 3 is 2.65 bits per heavy atom. The van der Waals surface area contributed by atoms with Crippen molar-refractivity contribution in [2.24, 2.45) is 0 Å². The maximum absolute atomic E-state index is 13.2. The molecule has 2 aromatic carbocycles. The van der Waals surface area contributed by atoms with E-state index in [0.29, 0.717) is 11.4 Å². The quantitative estimate of drug-likeness (QED) is 0.774. The second kappa shape index (κ2) is 9.31. The summed E-state index contributed by atoms with van der Waals surface area (Å²) in [6.07, 6.45) is 0.215. The van der Waals surface area contributed by atoms with Crippen molar-refractivity contribution in [3.05, 3.63) is 53.6 Å². The van der Waals surface area contributed by atoms with Gasteiger partial charge in [0.25, 0.3) is 0 Å². The van der Waals surface area contributed by atoms with Gasteiger partial charge in [-0.25, -0.2) is 0 Å². The first-order chi connectivity index (χ1) is 14.7. The maximum Gasteiger partial charge on any atom is 0.241 e. The summed E-state index contributed by atoms with van der Waals surface area (Å²) in [5.74, 6) is -0.460. The van der Waals surface area contributed by atoms with Gasteiger partial charge in [-0.1, -0.05) is 29.8 Å². The van der Waals surface area contributed by atoms with Crippen molar-refractivity contribution in [1.29, 1.82) is 0 Å². The number of amides is 3. The van der Waals surface area contributed by atoms with Gasteiger partial charge in [0.2, 0.25) is 17.7 Å². The number of fused-ring (bicyclic) bond motifs is 1.